The third-order valence-electron chi connectivity index (χ3n) is 7.56. The number of nitrogens with two attached hydrogens (primary N) is 1. The Morgan fingerprint density at radius 2 is 1.91 bits per heavy atom. The molecule has 1 saturated heterocycles. The van der Waals surface area contributed by atoms with E-state index in [1.165, 1.54) is 12.8 Å². The third-order valence-corrected chi connectivity index (χ3v) is 7.56. The van der Waals surface area contributed by atoms with Crippen LogP contribution in [0.1, 0.15) is 48.7 Å². The number of hydrogen-bond donors (Lipinski definition) is 1. The molecule has 2 atom stereocenters. The second-order valence-corrected chi connectivity index (χ2v) is 10.3. The average Bonchev–Trinajstić information content (AvgIpc) is 3.50. The van der Waals surface area contributed by atoms with Gasteiger partial charge in [-0.05, 0) is 81.8 Å². The summed E-state index contributed by atoms with van der Waals surface area (Å²) in [6.45, 7) is 5.72. The van der Waals surface area contributed by atoms with E-state index in [1.807, 2.05) is 30.0 Å². The van der Waals surface area contributed by atoms with Gasteiger partial charge in [0.1, 0.15) is 5.65 Å². The number of likely N-dealkylation sites (tertiary alicyclic amines) is 1. The molecule has 2 fully saturated rings. The monoisotopic (exact) mass is 456 g/mol. The molecular weight excluding hydrogens is 424 g/mol. The normalized spacial score (nSPS) is 21.0. The van der Waals surface area contributed by atoms with Gasteiger partial charge < -0.3 is 19.8 Å². The molecule has 0 bridgehead atoms. The highest BCUT2D eigenvalue weighted by Gasteiger charge is 2.29. The molecule has 1 aliphatic heterocycles. The van der Waals surface area contributed by atoms with Crippen LogP contribution in [0.5, 0.6) is 0 Å². The number of benzene rings is 1. The Kier molecular flexibility index (Phi) is 4.99. The zero-order chi connectivity index (χ0) is 23.6. The van der Waals surface area contributed by atoms with E-state index in [0.29, 0.717) is 18.0 Å². The van der Waals surface area contributed by atoms with E-state index in [2.05, 4.69) is 41.3 Å². The van der Waals surface area contributed by atoms with Crippen LogP contribution in [0.4, 0.5) is 0 Å². The van der Waals surface area contributed by atoms with E-state index in [-0.39, 0.29) is 18.0 Å². The molecule has 0 spiro atoms. The highest BCUT2D eigenvalue weighted by Crippen LogP contribution is 2.36. The molecule has 7 nitrogen and oxygen atoms in total. The first-order chi connectivity index (χ1) is 16.4. The second-order valence-electron chi connectivity index (χ2n) is 10.3. The van der Waals surface area contributed by atoms with Gasteiger partial charge in [0.2, 0.25) is 0 Å². The van der Waals surface area contributed by atoms with Crippen molar-refractivity contribution in [3.63, 3.8) is 0 Å². The van der Waals surface area contributed by atoms with Crippen LogP contribution in [0.25, 0.3) is 33.6 Å². The fourth-order valence-electron chi connectivity index (χ4n) is 5.30. The molecule has 3 aromatic heterocycles. The van der Waals surface area contributed by atoms with Crippen LogP contribution in [0.15, 0.2) is 36.4 Å². The van der Waals surface area contributed by atoms with E-state index in [9.17, 15) is 4.79 Å². The summed E-state index contributed by atoms with van der Waals surface area (Å²) < 4.78 is 4.47. The molecule has 7 heteroatoms. The second kappa shape index (κ2) is 7.94. The molecule has 6 rings (SSSR count). The Bertz CT molecular complexity index is 1410. The van der Waals surface area contributed by atoms with E-state index in [0.717, 1.165) is 58.7 Å². The van der Waals surface area contributed by atoms with Crippen LogP contribution in [0.2, 0.25) is 0 Å². The molecule has 2 aliphatic rings. The van der Waals surface area contributed by atoms with Gasteiger partial charge in [-0.1, -0.05) is 0 Å². The number of hydrogen-bond acceptors (Lipinski definition) is 4. The topological polar surface area (TPSA) is 82.0 Å². The summed E-state index contributed by atoms with van der Waals surface area (Å²) in [6.07, 6.45) is 4.47. The van der Waals surface area contributed by atoms with Gasteiger partial charge in [0.25, 0.3) is 5.91 Å². The Labute approximate surface area is 199 Å². The number of aryl methyl sites for hydroxylation is 2. The van der Waals surface area contributed by atoms with Crippen molar-refractivity contribution < 1.29 is 4.79 Å². The Morgan fingerprint density at radius 1 is 1.09 bits per heavy atom. The number of carbonyl (C=O) groups is 1. The van der Waals surface area contributed by atoms with Gasteiger partial charge in [0.05, 0.1) is 16.7 Å². The highest BCUT2D eigenvalue weighted by atomic mass is 16.2. The summed E-state index contributed by atoms with van der Waals surface area (Å²) in [4.78, 5) is 25.1. The predicted octanol–water partition coefficient (Wildman–Crippen LogP) is 4.26. The molecule has 34 heavy (non-hydrogen) atoms. The smallest absolute Gasteiger partial charge is 0.254 e. The number of aromatic nitrogens is 4. The number of fused-ring (bicyclic) bond motifs is 2. The maximum Gasteiger partial charge on any atom is 0.254 e. The van der Waals surface area contributed by atoms with Crippen molar-refractivity contribution in [1.29, 1.82) is 0 Å². The van der Waals surface area contributed by atoms with Crippen molar-refractivity contribution in [2.75, 3.05) is 6.54 Å². The summed E-state index contributed by atoms with van der Waals surface area (Å²) in [5.41, 5.74) is 11.8. The molecule has 176 valence electrons. The fourth-order valence-corrected chi connectivity index (χ4v) is 5.30. The first-order valence-corrected chi connectivity index (χ1v) is 12.4. The van der Waals surface area contributed by atoms with Gasteiger partial charge in [-0.3, -0.25) is 4.79 Å². The van der Waals surface area contributed by atoms with Crippen molar-refractivity contribution >= 4 is 28.0 Å². The minimum atomic E-state index is 0.0410. The van der Waals surface area contributed by atoms with Gasteiger partial charge in [-0.25, -0.2) is 9.97 Å². The molecule has 4 aromatic rings. The standard InChI is InChI=1S/C27H32N6O/c1-16-4-8-19-13-24(33(25(19)29-16)14-18-6-7-18)26-30-22-12-20(9-11-23(22)31(26)3)27(34)32-15-21(28)10-5-17(32)2/h4,8-9,11-13,17-18,21H,5-7,10,14-15,28H2,1-3H3/t17-,21+/m0/s1. The van der Waals surface area contributed by atoms with E-state index < -0.39 is 0 Å². The van der Waals surface area contributed by atoms with Gasteiger partial charge >= 0.3 is 0 Å². The van der Waals surface area contributed by atoms with E-state index >= 15 is 0 Å². The Morgan fingerprint density at radius 3 is 2.71 bits per heavy atom. The van der Waals surface area contributed by atoms with Crippen LogP contribution < -0.4 is 5.73 Å². The molecule has 4 heterocycles. The van der Waals surface area contributed by atoms with Crippen molar-refractivity contribution in [2.45, 2.75) is 58.2 Å². The predicted molar refractivity (Wildman–Crippen MR) is 135 cm³/mol. The summed E-state index contributed by atoms with van der Waals surface area (Å²) in [6, 6.07) is 12.5. The average molecular weight is 457 g/mol. The molecule has 1 aliphatic carbocycles. The summed E-state index contributed by atoms with van der Waals surface area (Å²) in [5.74, 6) is 1.66. The molecule has 0 radical (unpaired) electrons. The molecular formula is C27H32N6O. The van der Waals surface area contributed by atoms with E-state index in [4.69, 9.17) is 15.7 Å². The first kappa shape index (κ1) is 21.4. The molecule has 2 N–H and O–H groups in total. The maximum absolute atomic E-state index is 13.3. The molecule has 1 saturated carbocycles. The van der Waals surface area contributed by atoms with Crippen LogP contribution in [0, 0.1) is 12.8 Å². The van der Waals surface area contributed by atoms with Crippen molar-refractivity contribution in [3.8, 4) is 11.5 Å². The minimum absolute atomic E-state index is 0.0410. The summed E-state index contributed by atoms with van der Waals surface area (Å²) in [7, 11) is 2.05. The highest BCUT2D eigenvalue weighted by molar-refractivity contribution is 5.98. The quantitative estimate of drug-likeness (QED) is 0.497. The van der Waals surface area contributed by atoms with Crippen molar-refractivity contribution in [1.82, 2.24) is 24.0 Å². The zero-order valence-corrected chi connectivity index (χ0v) is 20.2. The fraction of sp³-hybridized carbons (Fsp3) is 0.444. The van der Waals surface area contributed by atoms with Crippen LogP contribution in [-0.2, 0) is 13.6 Å². The lowest BCUT2D eigenvalue weighted by Gasteiger charge is -2.36. The number of nitrogens with zero attached hydrogens (tertiary/aromatic N) is 5. The largest absolute Gasteiger partial charge is 0.334 e. The van der Waals surface area contributed by atoms with E-state index in [1.54, 1.807) is 0 Å². The summed E-state index contributed by atoms with van der Waals surface area (Å²) >= 11 is 0. The number of imidazole rings is 1. The van der Waals surface area contributed by atoms with Gasteiger partial charge in [-0.2, -0.15) is 0 Å². The van der Waals surface area contributed by atoms with Crippen molar-refractivity contribution in [3.05, 3.63) is 47.7 Å². The number of pyridine rings is 1. The summed E-state index contributed by atoms with van der Waals surface area (Å²) in [5, 5.41) is 1.14. The van der Waals surface area contributed by atoms with Gasteiger partial charge in [0, 0.05) is 48.9 Å². The van der Waals surface area contributed by atoms with Crippen LogP contribution in [0.3, 0.4) is 0 Å². The van der Waals surface area contributed by atoms with Crippen LogP contribution in [-0.4, -0.2) is 48.5 Å². The SMILES string of the molecule is Cc1ccc2cc(-c3nc4cc(C(=O)N5C[C@H](N)CC[C@@H]5C)ccc4n3C)n(CC3CC3)c2n1. The lowest BCUT2D eigenvalue weighted by molar-refractivity contribution is 0.0613. The van der Waals surface area contributed by atoms with Crippen molar-refractivity contribution in [2.24, 2.45) is 18.7 Å². The Hall–Kier alpha value is -3.19. The van der Waals surface area contributed by atoms with Gasteiger partial charge in [-0.15, -0.1) is 0 Å². The molecule has 1 aromatic carbocycles. The lowest BCUT2D eigenvalue weighted by atomic mass is 9.99. The Balaban J connectivity index is 1.42. The number of piperidine rings is 1. The lowest BCUT2D eigenvalue weighted by Crippen LogP contribution is -2.50. The third kappa shape index (κ3) is 3.59. The zero-order valence-electron chi connectivity index (χ0n) is 20.2. The molecule has 1 amide bonds. The number of amides is 1. The minimum Gasteiger partial charge on any atom is -0.334 e. The molecule has 0 unspecified atom stereocenters. The van der Waals surface area contributed by atoms with Gasteiger partial charge in [0.15, 0.2) is 5.82 Å². The van der Waals surface area contributed by atoms with Crippen LogP contribution >= 0.6 is 0 Å². The number of carbonyl (C=O) groups excluding carboxylic acids is 1. The first-order valence-electron chi connectivity index (χ1n) is 12.4. The number of rotatable bonds is 4. The maximum atomic E-state index is 13.3.